The largest absolute Gasteiger partial charge is 0.483 e. The molecule has 1 saturated carbocycles. The summed E-state index contributed by atoms with van der Waals surface area (Å²) in [5.41, 5.74) is 0.691. The topological polar surface area (TPSA) is 154 Å². The highest BCUT2D eigenvalue weighted by molar-refractivity contribution is 7.89. The zero-order valence-corrected chi connectivity index (χ0v) is 16.4. The van der Waals surface area contributed by atoms with Gasteiger partial charge in [0.25, 0.3) is 6.47 Å². The van der Waals surface area contributed by atoms with Crippen molar-refractivity contribution in [1.82, 2.24) is 29.0 Å². The number of benzene rings is 1. The van der Waals surface area contributed by atoms with E-state index in [9.17, 15) is 13.2 Å². The van der Waals surface area contributed by atoms with Crippen molar-refractivity contribution in [2.75, 3.05) is 6.54 Å². The first-order chi connectivity index (χ1) is 13.8. The number of H-pyrrole nitrogens is 2. The molecule has 5 rings (SSSR count). The molecule has 0 radical (unpaired) electrons. The molecule has 0 bridgehead atoms. The van der Waals surface area contributed by atoms with E-state index in [2.05, 4.69) is 20.1 Å². The third kappa shape index (κ3) is 3.44. The third-order valence-corrected chi connectivity index (χ3v) is 7.06. The number of aromatic amines is 2. The normalized spacial score (nSPS) is 19.4. The van der Waals surface area contributed by atoms with Gasteiger partial charge in [-0.3, -0.25) is 4.79 Å². The van der Waals surface area contributed by atoms with E-state index in [1.165, 1.54) is 16.4 Å². The smallest absolute Gasteiger partial charge is 0.323 e. The zero-order chi connectivity index (χ0) is 20.8. The molecule has 1 aromatic carbocycles. The molecule has 0 spiro atoms. The fraction of sp³-hybridized carbons (Fsp3) is 0.412. The predicted molar refractivity (Wildman–Crippen MR) is 102 cm³/mol. The van der Waals surface area contributed by atoms with E-state index < -0.39 is 16.1 Å². The average Bonchev–Trinajstić information content (AvgIpc) is 3.31. The van der Waals surface area contributed by atoms with Crippen molar-refractivity contribution >= 4 is 27.5 Å². The molecule has 11 nitrogen and oxygen atoms in total. The molecule has 154 valence electrons. The van der Waals surface area contributed by atoms with Crippen LogP contribution in [-0.4, -0.2) is 55.6 Å². The van der Waals surface area contributed by atoms with E-state index >= 15 is 0 Å². The molecule has 3 N–H and O–H groups in total. The Hall–Kier alpha value is -2.99. The van der Waals surface area contributed by atoms with E-state index in [4.69, 9.17) is 9.90 Å². The van der Waals surface area contributed by atoms with Crippen molar-refractivity contribution in [3.63, 3.8) is 0 Å². The van der Waals surface area contributed by atoms with Gasteiger partial charge in [0.1, 0.15) is 5.82 Å². The summed E-state index contributed by atoms with van der Waals surface area (Å²) in [6.07, 6.45) is 2.21. The Morgan fingerprint density at radius 1 is 1.21 bits per heavy atom. The molecule has 1 aliphatic heterocycles. The summed E-state index contributed by atoms with van der Waals surface area (Å²) in [6, 6.07) is 4.21. The van der Waals surface area contributed by atoms with E-state index in [0.29, 0.717) is 35.9 Å². The summed E-state index contributed by atoms with van der Waals surface area (Å²) in [6.45, 7) is 2.41. The van der Waals surface area contributed by atoms with Crippen molar-refractivity contribution < 1.29 is 18.3 Å². The summed E-state index contributed by atoms with van der Waals surface area (Å²) in [4.78, 5) is 29.7. The number of nitrogens with one attached hydrogen (secondary N) is 2. The molecule has 0 amide bonds. The van der Waals surface area contributed by atoms with Crippen LogP contribution in [0.2, 0.25) is 0 Å². The number of carbonyl (C=O) groups is 1. The molecular weight excluding hydrogens is 400 g/mol. The first-order valence-corrected chi connectivity index (χ1v) is 10.6. The standard InChI is InChI=1S/C16H18N6O3S.CH2O2/c1-9-15-19-14(10-2-3-10)20-21(15)6-7-22(9)26(24,25)11-4-5-12-13(8-11)18-16(23)17-12;2-1-3/h4-5,8-10H,2-3,6-7H2,1H3,(H2,17,18,23);1H,(H,2,3)/t9-;/m1./s1. The molecule has 12 heteroatoms. The second-order valence-corrected chi connectivity index (χ2v) is 8.90. The van der Waals surface area contributed by atoms with Gasteiger partial charge in [-0.05, 0) is 38.0 Å². The number of fused-ring (bicyclic) bond motifs is 2. The summed E-state index contributed by atoms with van der Waals surface area (Å²) < 4.78 is 29.6. The average molecular weight is 420 g/mol. The Morgan fingerprint density at radius 3 is 2.59 bits per heavy atom. The Morgan fingerprint density at radius 2 is 1.90 bits per heavy atom. The van der Waals surface area contributed by atoms with Crippen LogP contribution in [-0.2, 0) is 21.4 Å². The van der Waals surface area contributed by atoms with Gasteiger partial charge in [-0.25, -0.2) is 22.9 Å². The molecule has 1 aliphatic carbocycles. The molecule has 0 unspecified atom stereocenters. The monoisotopic (exact) mass is 420 g/mol. The van der Waals surface area contributed by atoms with Crippen LogP contribution in [0.5, 0.6) is 0 Å². The van der Waals surface area contributed by atoms with Gasteiger partial charge < -0.3 is 15.1 Å². The Labute approximate surface area is 165 Å². The van der Waals surface area contributed by atoms with E-state index in [0.717, 1.165) is 18.7 Å². The minimum absolute atomic E-state index is 0.155. The number of carboxylic acid groups (broad SMARTS) is 1. The third-order valence-electron chi connectivity index (χ3n) is 5.09. The van der Waals surface area contributed by atoms with E-state index in [1.54, 1.807) is 6.07 Å². The van der Waals surface area contributed by atoms with Crippen LogP contribution in [0, 0.1) is 0 Å². The Kier molecular flexibility index (Phi) is 4.74. The number of hydrogen-bond acceptors (Lipinski definition) is 6. The van der Waals surface area contributed by atoms with Crippen molar-refractivity contribution in [3.05, 3.63) is 40.3 Å². The second-order valence-electron chi connectivity index (χ2n) is 7.01. The van der Waals surface area contributed by atoms with Crippen molar-refractivity contribution in [1.29, 1.82) is 0 Å². The maximum atomic E-state index is 13.2. The molecule has 2 aliphatic rings. The van der Waals surface area contributed by atoms with Gasteiger partial charge in [0, 0.05) is 12.5 Å². The number of hydrogen-bond donors (Lipinski definition) is 3. The molecule has 1 fully saturated rings. The summed E-state index contributed by atoms with van der Waals surface area (Å²) in [5, 5.41) is 11.4. The van der Waals surface area contributed by atoms with Gasteiger partial charge in [-0.1, -0.05) is 0 Å². The molecular formula is C17H20N6O5S. The van der Waals surface area contributed by atoms with E-state index in [-0.39, 0.29) is 17.1 Å². The maximum Gasteiger partial charge on any atom is 0.323 e. The summed E-state index contributed by atoms with van der Waals surface area (Å²) in [7, 11) is -3.72. The number of aromatic nitrogens is 5. The fourth-order valence-corrected chi connectivity index (χ4v) is 5.12. The molecule has 0 saturated heterocycles. The van der Waals surface area contributed by atoms with E-state index in [1.807, 2.05) is 11.6 Å². The van der Waals surface area contributed by atoms with Gasteiger partial charge >= 0.3 is 5.69 Å². The minimum Gasteiger partial charge on any atom is -0.483 e. The maximum absolute atomic E-state index is 13.2. The SMILES string of the molecule is C[C@@H]1c2nc(C3CC3)nn2CCN1S(=O)(=O)c1ccc2[nH]c(=O)[nH]c2c1.O=CO. The van der Waals surface area contributed by atoms with Crippen LogP contribution in [0.15, 0.2) is 27.9 Å². The molecule has 2 aromatic heterocycles. The van der Waals surface area contributed by atoms with Crippen molar-refractivity contribution in [3.8, 4) is 0 Å². The zero-order valence-electron chi connectivity index (χ0n) is 15.6. The number of imidazole rings is 1. The molecule has 1 atom stereocenters. The Bertz CT molecular complexity index is 1220. The van der Waals surface area contributed by atoms with Gasteiger partial charge in [-0.15, -0.1) is 0 Å². The lowest BCUT2D eigenvalue weighted by atomic mass is 10.2. The first kappa shape index (κ1) is 19.3. The lowest BCUT2D eigenvalue weighted by Crippen LogP contribution is -2.41. The molecule has 3 aromatic rings. The van der Waals surface area contributed by atoms with Gasteiger partial charge in [0.2, 0.25) is 10.0 Å². The molecule has 29 heavy (non-hydrogen) atoms. The quantitative estimate of drug-likeness (QED) is 0.529. The van der Waals surface area contributed by atoms with Crippen LogP contribution >= 0.6 is 0 Å². The number of nitrogens with zero attached hydrogens (tertiary/aromatic N) is 4. The van der Waals surface area contributed by atoms with Crippen molar-refractivity contribution in [2.24, 2.45) is 0 Å². The van der Waals surface area contributed by atoms with Gasteiger partial charge in [-0.2, -0.15) is 9.40 Å². The summed E-state index contributed by atoms with van der Waals surface area (Å²) in [5.74, 6) is 1.95. The van der Waals surface area contributed by atoms with Gasteiger partial charge in [0.05, 0.1) is 28.5 Å². The van der Waals surface area contributed by atoms with Crippen LogP contribution in [0.25, 0.3) is 11.0 Å². The first-order valence-electron chi connectivity index (χ1n) is 9.11. The Balaban J connectivity index is 0.000000645. The summed E-state index contributed by atoms with van der Waals surface area (Å²) >= 11 is 0. The number of rotatable bonds is 3. The number of sulfonamides is 1. The minimum atomic E-state index is -3.72. The van der Waals surface area contributed by atoms with Crippen LogP contribution < -0.4 is 5.69 Å². The highest BCUT2D eigenvalue weighted by atomic mass is 32.2. The van der Waals surface area contributed by atoms with Crippen LogP contribution in [0.4, 0.5) is 0 Å². The lowest BCUT2D eigenvalue weighted by Gasteiger charge is -2.31. The molecule has 3 heterocycles. The predicted octanol–water partition coefficient (Wildman–Crippen LogP) is 0.791. The van der Waals surface area contributed by atoms with Crippen LogP contribution in [0.1, 0.15) is 43.4 Å². The second kappa shape index (κ2) is 7.12. The highest BCUT2D eigenvalue weighted by Gasteiger charge is 2.38. The van der Waals surface area contributed by atoms with Crippen molar-refractivity contribution in [2.45, 2.75) is 43.2 Å². The fourth-order valence-electron chi connectivity index (χ4n) is 3.51. The van der Waals surface area contributed by atoms with Crippen LogP contribution in [0.3, 0.4) is 0 Å². The highest BCUT2D eigenvalue weighted by Crippen LogP contribution is 2.39. The lowest BCUT2D eigenvalue weighted by molar-refractivity contribution is -0.122. The van der Waals surface area contributed by atoms with Gasteiger partial charge in [0.15, 0.2) is 5.82 Å².